The van der Waals surface area contributed by atoms with Crippen LogP contribution in [0.2, 0.25) is 0 Å². The van der Waals surface area contributed by atoms with Gasteiger partial charge in [0.15, 0.2) is 0 Å². The highest BCUT2D eigenvalue weighted by Gasteiger charge is 2.25. The fourth-order valence-corrected chi connectivity index (χ4v) is 1.28. The Morgan fingerprint density at radius 3 is 2.20 bits per heavy atom. The van der Waals surface area contributed by atoms with Crippen molar-refractivity contribution in [1.82, 2.24) is 10.6 Å². The Kier molecular flexibility index (Phi) is 7.20. The number of methoxy groups -OCH3 is 1. The number of hydrogen-bond donors (Lipinski definition) is 3. The van der Waals surface area contributed by atoms with Crippen molar-refractivity contribution in [2.24, 2.45) is 5.41 Å². The molecular formula is C13H24N2O5. The second kappa shape index (κ2) is 7.84. The lowest BCUT2D eigenvalue weighted by atomic mass is 9.95. The molecule has 0 fully saturated rings. The summed E-state index contributed by atoms with van der Waals surface area (Å²) in [4.78, 5) is 34.1. The van der Waals surface area contributed by atoms with Crippen LogP contribution in [0.3, 0.4) is 0 Å². The van der Waals surface area contributed by atoms with E-state index in [1.54, 1.807) is 27.7 Å². The Morgan fingerprint density at radius 1 is 1.25 bits per heavy atom. The summed E-state index contributed by atoms with van der Waals surface area (Å²) in [5.41, 5.74) is -0.576. The van der Waals surface area contributed by atoms with Crippen LogP contribution in [0.5, 0.6) is 0 Å². The summed E-state index contributed by atoms with van der Waals surface area (Å²) >= 11 is 0. The smallest absolute Gasteiger partial charge is 0.306 e. The predicted molar refractivity (Wildman–Crippen MR) is 73.1 cm³/mol. The summed E-state index contributed by atoms with van der Waals surface area (Å²) in [5.74, 6) is -1.61. The maximum absolute atomic E-state index is 11.8. The average molecular weight is 288 g/mol. The molecule has 0 aromatic heterocycles. The number of amides is 2. The van der Waals surface area contributed by atoms with E-state index < -0.39 is 23.5 Å². The Balaban J connectivity index is 4.26. The maximum Gasteiger partial charge on any atom is 0.306 e. The molecule has 0 aromatic carbocycles. The number of aliphatic carboxylic acids is 1. The molecule has 0 heterocycles. The molecular weight excluding hydrogens is 264 g/mol. The molecule has 2 atom stereocenters. The lowest BCUT2D eigenvalue weighted by molar-refractivity contribution is -0.140. The summed E-state index contributed by atoms with van der Waals surface area (Å²) in [6.07, 6.45) is -0.790. The average Bonchev–Trinajstić information content (AvgIpc) is 2.32. The number of hydrogen-bond acceptors (Lipinski definition) is 4. The molecule has 0 radical (unpaired) electrons. The number of carbonyl (C=O) groups excluding carboxylic acids is 2. The molecule has 0 aliphatic rings. The van der Waals surface area contributed by atoms with Crippen LogP contribution in [0, 0.1) is 5.41 Å². The highest BCUT2D eigenvalue weighted by atomic mass is 16.5. The number of carboxylic acid groups (broad SMARTS) is 1. The quantitative estimate of drug-likeness (QED) is 0.618. The molecule has 0 aromatic rings. The van der Waals surface area contributed by atoms with Gasteiger partial charge in [-0.25, -0.2) is 0 Å². The number of nitrogens with one attached hydrogen (secondary N) is 2. The molecule has 3 N–H and O–H groups in total. The van der Waals surface area contributed by atoms with E-state index in [1.165, 1.54) is 7.11 Å². The summed E-state index contributed by atoms with van der Waals surface area (Å²) in [7, 11) is 1.38. The van der Waals surface area contributed by atoms with Crippen molar-refractivity contribution in [3.8, 4) is 0 Å². The first kappa shape index (κ1) is 18.4. The second-order valence-corrected chi connectivity index (χ2v) is 5.65. The summed E-state index contributed by atoms with van der Waals surface area (Å²) < 4.78 is 4.94. The number of ether oxygens (including phenoxy) is 1. The first-order valence-electron chi connectivity index (χ1n) is 6.41. The van der Waals surface area contributed by atoms with Gasteiger partial charge >= 0.3 is 5.97 Å². The summed E-state index contributed by atoms with van der Waals surface area (Å²) in [6.45, 7) is 6.90. The van der Waals surface area contributed by atoms with E-state index >= 15 is 0 Å². The molecule has 20 heavy (non-hydrogen) atoms. The van der Waals surface area contributed by atoms with Gasteiger partial charge in [0.2, 0.25) is 11.8 Å². The Hall–Kier alpha value is -1.63. The molecule has 0 rings (SSSR count). The van der Waals surface area contributed by atoms with E-state index in [1.807, 2.05) is 0 Å². The van der Waals surface area contributed by atoms with Gasteiger partial charge in [-0.1, -0.05) is 20.8 Å². The van der Waals surface area contributed by atoms with Crippen molar-refractivity contribution in [2.75, 3.05) is 13.7 Å². The highest BCUT2D eigenvalue weighted by Crippen LogP contribution is 2.12. The van der Waals surface area contributed by atoms with Gasteiger partial charge in [-0.2, -0.15) is 0 Å². The van der Waals surface area contributed by atoms with Crippen LogP contribution in [0.15, 0.2) is 0 Å². The molecule has 2 amide bonds. The first-order chi connectivity index (χ1) is 9.07. The number of carboxylic acids is 1. The molecule has 7 nitrogen and oxygen atoms in total. The van der Waals surface area contributed by atoms with Gasteiger partial charge in [0, 0.05) is 19.1 Å². The minimum atomic E-state index is -1.000. The van der Waals surface area contributed by atoms with Crippen LogP contribution in [0.25, 0.3) is 0 Å². The van der Waals surface area contributed by atoms with E-state index in [4.69, 9.17) is 9.84 Å². The van der Waals surface area contributed by atoms with Gasteiger partial charge in [0.25, 0.3) is 0 Å². The van der Waals surface area contributed by atoms with E-state index in [-0.39, 0.29) is 24.8 Å². The van der Waals surface area contributed by atoms with Crippen LogP contribution in [-0.4, -0.2) is 48.7 Å². The normalized spacial score (nSPS) is 14.2. The predicted octanol–water partition coefficient (Wildman–Crippen LogP) is 0.143. The topological polar surface area (TPSA) is 105 Å². The van der Waals surface area contributed by atoms with E-state index in [0.717, 1.165) is 0 Å². The van der Waals surface area contributed by atoms with Crippen molar-refractivity contribution in [3.05, 3.63) is 0 Å². The molecule has 0 aliphatic carbocycles. The minimum absolute atomic E-state index is 0.0807. The van der Waals surface area contributed by atoms with Gasteiger partial charge in [-0.3, -0.25) is 14.4 Å². The first-order valence-corrected chi connectivity index (χ1v) is 6.41. The zero-order valence-electron chi connectivity index (χ0n) is 12.6. The lowest BCUT2D eigenvalue weighted by Crippen LogP contribution is -2.49. The molecule has 0 aliphatic heterocycles. The van der Waals surface area contributed by atoms with Crippen LogP contribution in [0.1, 0.15) is 34.1 Å². The third-order valence-electron chi connectivity index (χ3n) is 2.66. The second-order valence-electron chi connectivity index (χ2n) is 5.65. The van der Waals surface area contributed by atoms with E-state index in [9.17, 15) is 14.4 Å². The third kappa shape index (κ3) is 7.08. The Bertz CT molecular complexity index is 362. The van der Waals surface area contributed by atoms with E-state index in [0.29, 0.717) is 0 Å². The summed E-state index contributed by atoms with van der Waals surface area (Å²) in [6, 6.07) is -0.691. The van der Waals surface area contributed by atoms with Gasteiger partial charge in [0.05, 0.1) is 12.5 Å². The third-order valence-corrected chi connectivity index (χ3v) is 2.66. The molecule has 0 bridgehead atoms. The van der Waals surface area contributed by atoms with Gasteiger partial charge < -0.3 is 20.5 Å². The molecule has 0 saturated heterocycles. The number of rotatable bonds is 7. The van der Waals surface area contributed by atoms with Crippen LogP contribution < -0.4 is 10.6 Å². The fraction of sp³-hybridized carbons (Fsp3) is 0.769. The zero-order chi connectivity index (χ0) is 15.9. The fourth-order valence-electron chi connectivity index (χ4n) is 1.28. The van der Waals surface area contributed by atoms with Gasteiger partial charge in [0.1, 0.15) is 6.04 Å². The standard InChI is InChI=1S/C13H24N2O5/c1-8(15-12(19)13(2,3)4)11(18)14-7-9(20-5)6-10(16)17/h8-9H,6-7H2,1-5H3,(H,14,18)(H,15,19)(H,16,17). The maximum atomic E-state index is 11.8. The van der Waals surface area contributed by atoms with Crippen molar-refractivity contribution >= 4 is 17.8 Å². The Labute approximate surface area is 119 Å². The van der Waals surface area contributed by atoms with E-state index in [2.05, 4.69) is 10.6 Å². The highest BCUT2D eigenvalue weighted by molar-refractivity contribution is 5.89. The van der Waals surface area contributed by atoms with Crippen molar-refractivity contribution in [3.63, 3.8) is 0 Å². The molecule has 2 unspecified atom stereocenters. The molecule has 7 heteroatoms. The largest absolute Gasteiger partial charge is 0.481 e. The van der Waals surface area contributed by atoms with Crippen molar-refractivity contribution in [2.45, 2.75) is 46.3 Å². The molecule has 116 valence electrons. The van der Waals surface area contributed by atoms with Gasteiger partial charge in [-0.15, -0.1) is 0 Å². The minimum Gasteiger partial charge on any atom is -0.481 e. The SMILES string of the molecule is COC(CNC(=O)C(C)NC(=O)C(C)(C)C)CC(=O)O. The van der Waals surface area contributed by atoms with Crippen LogP contribution >= 0.6 is 0 Å². The molecule has 0 saturated carbocycles. The van der Waals surface area contributed by atoms with Crippen LogP contribution in [-0.2, 0) is 19.1 Å². The number of carbonyl (C=O) groups is 3. The monoisotopic (exact) mass is 288 g/mol. The lowest BCUT2D eigenvalue weighted by Gasteiger charge is -2.22. The van der Waals surface area contributed by atoms with Crippen molar-refractivity contribution < 1.29 is 24.2 Å². The summed E-state index contributed by atoms with van der Waals surface area (Å²) in [5, 5.41) is 13.8. The zero-order valence-corrected chi connectivity index (χ0v) is 12.6. The van der Waals surface area contributed by atoms with Crippen molar-refractivity contribution in [1.29, 1.82) is 0 Å². The van der Waals surface area contributed by atoms with Gasteiger partial charge in [-0.05, 0) is 6.92 Å². The van der Waals surface area contributed by atoms with Crippen LogP contribution in [0.4, 0.5) is 0 Å². The Morgan fingerprint density at radius 2 is 1.80 bits per heavy atom. The molecule has 0 spiro atoms.